The lowest BCUT2D eigenvalue weighted by atomic mass is 10.2. The van der Waals surface area contributed by atoms with Gasteiger partial charge in [-0.2, -0.15) is 0 Å². The summed E-state index contributed by atoms with van der Waals surface area (Å²) < 4.78 is 11.1. The quantitative estimate of drug-likeness (QED) is 0.106. The second kappa shape index (κ2) is 20.9. The van der Waals surface area contributed by atoms with Crippen molar-refractivity contribution in [2.24, 2.45) is 4.99 Å². The summed E-state index contributed by atoms with van der Waals surface area (Å²) in [7, 11) is 5.70. The predicted octanol–water partition coefficient (Wildman–Crippen LogP) is 4.96. The van der Waals surface area contributed by atoms with E-state index in [0.717, 1.165) is 23.9 Å². The lowest BCUT2D eigenvalue weighted by Crippen LogP contribution is -2.04. The number of aliphatic imine (C=N–C) groups is 1. The number of aldehydes is 2. The summed E-state index contributed by atoms with van der Waals surface area (Å²) in [6.45, 7) is 6.01. The van der Waals surface area contributed by atoms with Gasteiger partial charge >= 0.3 is 0 Å². The Bertz CT molecular complexity index is 1210. The number of ether oxygens (including phenoxy) is 1. The topological polar surface area (TPSA) is 119 Å². The van der Waals surface area contributed by atoms with Gasteiger partial charge in [-0.15, -0.1) is 10.2 Å². The lowest BCUT2D eigenvalue weighted by molar-refractivity contribution is -0.105. The molecule has 2 N–H and O–H groups in total. The second-order valence-electron chi connectivity index (χ2n) is 7.52. The van der Waals surface area contributed by atoms with Crippen LogP contribution in [0.1, 0.15) is 18.4 Å². The number of thioether (sulfide) groups is 1. The summed E-state index contributed by atoms with van der Waals surface area (Å²) in [5, 5.41) is 15.3. The van der Waals surface area contributed by atoms with Crippen molar-refractivity contribution >= 4 is 31.1 Å². The highest BCUT2D eigenvalue weighted by atomic mass is 32.2. The van der Waals surface area contributed by atoms with E-state index in [2.05, 4.69) is 44.7 Å². The molecule has 0 spiro atoms. The number of carbonyl (C=O) groups excluding carboxylic acids is 2. The Hall–Kier alpha value is -4.12. The van der Waals surface area contributed by atoms with Crippen LogP contribution in [0.2, 0.25) is 0 Å². The summed E-state index contributed by atoms with van der Waals surface area (Å²) in [6, 6.07) is 19.7. The Morgan fingerprint density at radius 2 is 1.69 bits per heavy atom. The molecule has 0 bridgehead atoms. The maximum Gasteiger partial charge on any atom is 0.254 e. The minimum absolute atomic E-state index is 0.00185. The number of nitrogens with zero attached hydrogens (tertiary/aromatic N) is 3. The monoisotopic (exact) mass is 549 g/mol. The van der Waals surface area contributed by atoms with Crippen molar-refractivity contribution in [1.82, 2.24) is 20.8 Å². The smallest absolute Gasteiger partial charge is 0.254 e. The van der Waals surface area contributed by atoms with Crippen molar-refractivity contribution in [3.8, 4) is 11.5 Å². The van der Waals surface area contributed by atoms with Gasteiger partial charge in [0.1, 0.15) is 12.0 Å². The first-order valence-corrected chi connectivity index (χ1v) is 12.8. The van der Waals surface area contributed by atoms with Crippen molar-refractivity contribution < 1.29 is 18.7 Å². The first-order valence-electron chi connectivity index (χ1n) is 11.9. The predicted molar refractivity (Wildman–Crippen MR) is 158 cm³/mol. The molecule has 3 aromatic rings. The molecule has 0 saturated heterocycles. The number of nitrogens with one attached hydrogen (secondary N) is 2. The number of allylic oxidation sites excluding steroid dienone is 4. The molecule has 0 aliphatic carbocycles. The Labute approximate surface area is 234 Å². The molecule has 0 aliphatic heterocycles. The number of hydrogen-bond donors (Lipinski definition) is 2. The van der Waals surface area contributed by atoms with Gasteiger partial charge in [0.2, 0.25) is 5.89 Å². The van der Waals surface area contributed by atoms with Crippen LogP contribution in [0.15, 0.2) is 104 Å². The van der Waals surface area contributed by atoms with E-state index in [1.54, 1.807) is 18.4 Å². The van der Waals surface area contributed by atoms with Crippen LogP contribution in [0.4, 0.5) is 0 Å². The van der Waals surface area contributed by atoms with Gasteiger partial charge in [0.25, 0.3) is 5.89 Å². The highest BCUT2D eigenvalue weighted by molar-refractivity contribution is 8.06. The minimum atomic E-state index is -0.00185. The molecule has 0 amide bonds. The Morgan fingerprint density at radius 1 is 1.05 bits per heavy atom. The van der Waals surface area contributed by atoms with Crippen molar-refractivity contribution in [3.63, 3.8) is 0 Å². The summed E-state index contributed by atoms with van der Waals surface area (Å²) in [6.07, 6.45) is 4.08. The van der Waals surface area contributed by atoms with Crippen molar-refractivity contribution in [2.75, 3.05) is 21.1 Å². The van der Waals surface area contributed by atoms with E-state index >= 15 is 0 Å². The van der Waals surface area contributed by atoms with Gasteiger partial charge in [-0.1, -0.05) is 60.3 Å². The largest absolute Gasteiger partial charge is 0.484 e. The first-order chi connectivity index (χ1) is 19.0. The molecule has 1 aromatic heterocycles. The van der Waals surface area contributed by atoms with Crippen LogP contribution in [0.5, 0.6) is 0 Å². The third kappa shape index (κ3) is 13.8. The van der Waals surface area contributed by atoms with Crippen molar-refractivity contribution in [3.05, 3.63) is 106 Å². The average Bonchev–Trinajstić information content (AvgIpc) is 3.45. The molecular formula is C29H35N5O4S. The number of carbonyl (C=O) groups is 2. The number of rotatable bonds is 12. The zero-order valence-corrected chi connectivity index (χ0v) is 23.5. The second-order valence-corrected chi connectivity index (χ2v) is 8.47. The van der Waals surface area contributed by atoms with Crippen LogP contribution in [0.25, 0.3) is 11.5 Å². The molecule has 206 valence electrons. The van der Waals surface area contributed by atoms with Crippen LogP contribution in [0.3, 0.4) is 0 Å². The fourth-order valence-corrected chi connectivity index (χ4v) is 3.26. The fraction of sp³-hybridized carbons (Fsp3) is 0.207. The average molecular weight is 550 g/mol. The molecular weight excluding hydrogens is 514 g/mol. The van der Waals surface area contributed by atoms with E-state index < -0.39 is 0 Å². The third-order valence-electron chi connectivity index (χ3n) is 4.43. The number of hydrogen-bond acceptors (Lipinski definition) is 10. The molecule has 3 rings (SSSR count). The summed E-state index contributed by atoms with van der Waals surface area (Å²) in [5.41, 5.74) is 2.65. The lowest BCUT2D eigenvalue weighted by Gasteiger charge is -2.03. The molecule has 10 heteroatoms. The van der Waals surface area contributed by atoms with Gasteiger partial charge < -0.3 is 19.8 Å². The Kier molecular flexibility index (Phi) is 17.6. The van der Waals surface area contributed by atoms with Gasteiger partial charge in [0.05, 0.1) is 10.6 Å². The first kappa shape index (κ1) is 32.9. The van der Waals surface area contributed by atoms with Gasteiger partial charge in [-0.3, -0.25) is 14.6 Å². The summed E-state index contributed by atoms with van der Waals surface area (Å²) >= 11 is 1.14. The molecule has 0 aliphatic rings. The third-order valence-corrected chi connectivity index (χ3v) is 5.35. The molecule has 0 unspecified atom stereocenters. The molecule has 0 fully saturated rings. The maximum absolute atomic E-state index is 11.0. The SMILES string of the molecule is C=N/C(C)=C(/C=O)S/C=C\C(=C/C=O)OCc1nnc(-c2ccccc2)o1.CNC.CNCc1ccccc1. The Morgan fingerprint density at radius 3 is 2.26 bits per heavy atom. The van der Waals surface area contributed by atoms with E-state index in [1.165, 1.54) is 11.6 Å². The Balaban J connectivity index is 0.000000524. The highest BCUT2D eigenvalue weighted by Crippen LogP contribution is 2.21. The van der Waals surface area contributed by atoms with Gasteiger partial charge in [0, 0.05) is 18.2 Å². The van der Waals surface area contributed by atoms with Gasteiger partial charge in [0.15, 0.2) is 12.9 Å². The molecule has 0 radical (unpaired) electrons. The van der Waals surface area contributed by atoms with E-state index in [9.17, 15) is 9.59 Å². The highest BCUT2D eigenvalue weighted by Gasteiger charge is 2.09. The molecule has 2 aromatic carbocycles. The summed E-state index contributed by atoms with van der Waals surface area (Å²) in [5.74, 6) is 0.938. The summed E-state index contributed by atoms with van der Waals surface area (Å²) in [4.78, 5) is 25.9. The van der Waals surface area contributed by atoms with Crippen molar-refractivity contribution in [2.45, 2.75) is 20.1 Å². The van der Waals surface area contributed by atoms with Gasteiger partial charge in [-0.25, -0.2) is 0 Å². The molecule has 9 nitrogen and oxygen atoms in total. The zero-order valence-electron chi connectivity index (χ0n) is 22.7. The standard InChI is InChI=1S/C19H17N3O4S.C8H11N.C2H7N/c1-14(20-2)17(12-24)27-11-9-16(8-10-23)25-13-18-21-22-19(26-18)15-6-4-3-5-7-15;1-9-7-8-5-3-2-4-6-8;1-3-2/h3-12H,2,13H2,1H3;2-6,9H,7H2,1H3;3H,1-2H3/b11-9-,16-8+,17-14-;;. The van der Waals surface area contributed by atoms with Crippen molar-refractivity contribution in [1.29, 1.82) is 0 Å². The fourth-order valence-electron chi connectivity index (χ4n) is 2.62. The van der Waals surface area contributed by atoms with E-state index in [-0.39, 0.29) is 18.3 Å². The van der Waals surface area contributed by atoms with Crippen LogP contribution in [-0.2, 0) is 27.5 Å². The zero-order chi connectivity index (χ0) is 28.7. The maximum atomic E-state index is 11.0. The van der Waals surface area contributed by atoms with Crippen LogP contribution >= 0.6 is 11.8 Å². The number of aromatic nitrogens is 2. The van der Waals surface area contributed by atoms with E-state index in [0.29, 0.717) is 29.1 Å². The van der Waals surface area contributed by atoms with Crippen LogP contribution in [-0.4, -0.2) is 50.6 Å². The molecule has 1 heterocycles. The molecule has 0 atom stereocenters. The molecule has 39 heavy (non-hydrogen) atoms. The van der Waals surface area contributed by atoms with E-state index in [1.807, 2.05) is 69.7 Å². The van der Waals surface area contributed by atoms with Crippen LogP contribution in [0, 0.1) is 0 Å². The van der Waals surface area contributed by atoms with E-state index in [4.69, 9.17) is 9.15 Å². The molecule has 0 saturated carbocycles. The minimum Gasteiger partial charge on any atom is -0.484 e. The van der Waals surface area contributed by atoms with Gasteiger partial charge in [-0.05, 0) is 64.0 Å². The van der Waals surface area contributed by atoms with Crippen LogP contribution < -0.4 is 10.6 Å². The number of benzene rings is 2. The normalized spacial score (nSPS) is 11.3.